The molecule has 0 aliphatic carbocycles. The number of piperazine rings is 1. The number of nitrogens with zero attached hydrogens (tertiary/aromatic N) is 2. The van der Waals surface area contributed by atoms with Gasteiger partial charge in [0.05, 0.1) is 0 Å². The van der Waals surface area contributed by atoms with Crippen LogP contribution in [-0.4, -0.2) is 46.4 Å². The molecule has 1 amide bonds. The third kappa shape index (κ3) is 2.82. The maximum absolute atomic E-state index is 12.8. The summed E-state index contributed by atoms with van der Waals surface area (Å²) < 4.78 is 0. The number of amides is 1. The van der Waals surface area contributed by atoms with Gasteiger partial charge < -0.3 is 4.90 Å². The average molecular weight is 307 g/mol. The molecule has 0 saturated carbocycles. The lowest BCUT2D eigenvalue weighted by Gasteiger charge is -2.46. The number of carbonyl (C=O) groups excluding carboxylic acids is 1. The number of benzene rings is 1. The number of hydrogen-bond donors (Lipinski definition) is 0. The lowest BCUT2D eigenvalue weighted by atomic mass is 10.0. The number of rotatable bonds is 1. The third-order valence-corrected chi connectivity index (χ3v) is 5.01. The van der Waals surface area contributed by atoms with Crippen LogP contribution in [0.1, 0.15) is 44.0 Å². The molecule has 0 N–H and O–H groups in total. The Morgan fingerprint density at radius 2 is 1.62 bits per heavy atom. The van der Waals surface area contributed by atoms with Crippen LogP contribution in [0.3, 0.4) is 0 Å². The molecule has 2 bridgehead atoms. The molecule has 2 saturated heterocycles. The molecule has 0 spiro atoms. The normalized spacial score (nSPS) is 26.2. The summed E-state index contributed by atoms with van der Waals surface area (Å²) in [5, 5.41) is 0.673. The lowest BCUT2D eigenvalue weighted by molar-refractivity contribution is 0.0153. The SMILES string of the molecule is CC(C)(C)N1CC2CCC(C1)N2C(=O)c1ccc(Cl)cc1. The van der Waals surface area contributed by atoms with E-state index in [-0.39, 0.29) is 11.4 Å². The van der Waals surface area contributed by atoms with Gasteiger partial charge >= 0.3 is 0 Å². The standard InChI is InChI=1S/C17H23ClN2O/c1-17(2,3)19-10-14-8-9-15(11-19)20(14)16(21)12-4-6-13(18)7-5-12/h4-7,14-15H,8-11H2,1-3H3. The Morgan fingerprint density at radius 1 is 1.10 bits per heavy atom. The Morgan fingerprint density at radius 3 is 2.10 bits per heavy atom. The summed E-state index contributed by atoms with van der Waals surface area (Å²) in [7, 11) is 0. The van der Waals surface area contributed by atoms with Gasteiger partial charge in [-0.25, -0.2) is 0 Å². The second-order valence-corrected chi connectivity index (χ2v) is 7.62. The van der Waals surface area contributed by atoms with Crippen LogP contribution in [0, 0.1) is 0 Å². The molecule has 0 aromatic heterocycles. The van der Waals surface area contributed by atoms with Gasteiger partial charge in [-0.2, -0.15) is 0 Å². The van der Waals surface area contributed by atoms with Gasteiger partial charge in [0.1, 0.15) is 0 Å². The minimum atomic E-state index is 0.160. The average Bonchev–Trinajstić information content (AvgIpc) is 2.67. The topological polar surface area (TPSA) is 23.6 Å². The molecule has 114 valence electrons. The van der Waals surface area contributed by atoms with Crippen molar-refractivity contribution in [3.05, 3.63) is 34.9 Å². The van der Waals surface area contributed by atoms with Gasteiger partial charge in [-0.1, -0.05) is 11.6 Å². The van der Waals surface area contributed by atoms with Gasteiger partial charge in [0.2, 0.25) is 0 Å². The molecule has 2 heterocycles. The number of hydrogen-bond acceptors (Lipinski definition) is 2. The van der Waals surface area contributed by atoms with Gasteiger partial charge in [0.15, 0.2) is 0 Å². The van der Waals surface area contributed by atoms with Crippen LogP contribution in [0.4, 0.5) is 0 Å². The highest BCUT2D eigenvalue weighted by Crippen LogP contribution is 2.34. The Labute approximate surface area is 131 Å². The first-order valence-corrected chi connectivity index (χ1v) is 8.07. The van der Waals surface area contributed by atoms with Crippen molar-refractivity contribution in [2.45, 2.75) is 51.2 Å². The Bertz CT molecular complexity index is 521. The molecule has 1 aromatic carbocycles. The Balaban J connectivity index is 1.79. The van der Waals surface area contributed by atoms with Crippen molar-refractivity contribution in [2.75, 3.05) is 13.1 Å². The fourth-order valence-corrected chi connectivity index (χ4v) is 3.65. The zero-order valence-corrected chi connectivity index (χ0v) is 13.7. The van der Waals surface area contributed by atoms with Crippen LogP contribution in [0.25, 0.3) is 0 Å². The summed E-state index contributed by atoms with van der Waals surface area (Å²) in [5.41, 5.74) is 0.927. The van der Waals surface area contributed by atoms with Crippen LogP contribution in [0.2, 0.25) is 5.02 Å². The van der Waals surface area contributed by atoms with Crippen LogP contribution >= 0.6 is 11.6 Å². The molecule has 2 unspecified atom stereocenters. The van der Waals surface area contributed by atoms with Crippen LogP contribution < -0.4 is 0 Å². The van der Waals surface area contributed by atoms with Crippen molar-refractivity contribution in [3.8, 4) is 0 Å². The maximum atomic E-state index is 12.8. The van der Waals surface area contributed by atoms with Crippen molar-refractivity contribution in [1.29, 1.82) is 0 Å². The summed E-state index contributed by atoms with van der Waals surface area (Å²) in [6.45, 7) is 8.73. The molecule has 4 heteroatoms. The van der Waals surface area contributed by atoms with Gasteiger partial charge in [0, 0.05) is 41.3 Å². The number of fused-ring (bicyclic) bond motifs is 2. The van der Waals surface area contributed by atoms with E-state index < -0.39 is 0 Å². The number of likely N-dealkylation sites (tertiary alicyclic amines) is 1. The van der Waals surface area contributed by atoms with Gasteiger partial charge in [-0.3, -0.25) is 9.69 Å². The summed E-state index contributed by atoms with van der Waals surface area (Å²) in [5.74, 6) is 0.160. The number of halogens is 1. The summed E-state index contributed by atoms with van der Waals surface area (Å²) >= 11 is 5.91. The van der Waals surface area contributed by atoms with E-state index >= 15 is 0 Å². The minimum absolute atomic E-state index is 0.160. The molecule has 2 fully saturated rings. The fraction of sp³-hybridized carbons (Fsp3) is 0.588. The van der Waals surface area contributed by atoms with E-state index in [2.05, 4.69) is 30.6 Å². The predicted octanol–water partition coefficient (Wildman–Crippen LogP) is 3.43. The maximum Gasteiger partial charge on any atom is 0.254 e. The van der Waals surface area contributed by atoms with E-state index in [9.17, 15) is 4.79 Å². The minimum Gasteiger partial charge on any atom is -0.330 e. The smallest absolute Gasteiger partial charge is 0.254 e. The van der Waals surface area contributed by atoms with Crippen molar-refractivity contribution in [1.82, 2.24) is 9.80 Å². The first-order valence-electron chi connectivity index (χ1n) is 7.69. The molecule has 0 radical (unpaired) electrons. The molecule has 1 aromatic rings. The first-order chi connectivity index (χ1) is 9.86. The Hall–Kier alpha value is -1.06. The van der Waals surface area contributed by atoms with Crippen LogP contribution in [-0.2, 0) is 0 Å². The molecule has 2 aliphatic rings. The first kappa shape index (κ1) is 14.9. The second kappa shape index (κ2) is 5.29. The van der Waals surface area contributed by atoms with E-state index in [1.54, 1.807) is 12.1 Å². The second-order valence-electron chi connectivity index (χ2n) is 7.18. The highest BCUT2D eigenvalue weighted by Gasteiger charge is 2.44. The molecule has 3 nitrogen and oxygen atoms in total. The zero-order chi connectivity index (χ0) is 15.2. The van der Waals surface area contributed by atoms with Crippen molar-refractivity contribution in [3.63, 3.8) is 0 Å². The largest absolute Gasteiger partial charge is 0.330 e. The van der Waals surface area contributed by atoms with E-state index in [0.29, 0.717) is 17.1 Å². The van der Waals surface area contributed by atoms with E-state index in [4.69, 9.17) is 11.6 Å². The van der Waals surface area contributed by atoms with Crippen molar-refractivity contribution in [2.24, 2.45) is 0 Å². The molecule has 2 atom stereocenters. The molecular weight excluding hydrogens is 284 g/mol. The highest BCUT2D eigenvalue weighted by atomic mass is 35.5. The van der Waals surface area contributed by atoms with E-state index in [0.717, 1.165) is 31.5 Å². The summed E-state index contributed by atoms with van der Waals surface area (Å²) in [4.78, 5) is 17.4. The Kier molecular flexibility index (Phi) is 3.74. The van der Waals surface area contributed by atoms with Gasteiger partial charge in [-0.15, -0.1) is 0 Å². The van der Waals surface area contributed by atoms with Crippen molar-refractivity contribution >= 4 is 17.5 Å². The zero-order valence-electron chi connectivity index (χ0n) is 13.0. The lowest BCUT2D eigenvalue weighted by Crippen LogP contribution is -2.60. The molecule has 2 aliphatic heterocycles. The summed E-state index contributed by atoms with van der Waals surface area (Å²) in [6.07, 6.45) is 2.24. The molecular formula is C17H23ClN2O. The number of carbonyl (C=O) groups is 1. The highest BCUT2D eigenvalue weighted by molar-refractivity contribution is 6.30. The quantitative estimate of drug-likeness (QED) is 0.793. The monoisotopic (exact) mass is 306 g/mol. The van der Waals surface area contributed by atoms with Gasteiger partial charge in [0.25, 0.3) is 5.91 Å². The van der Waals surface area contributed by atoms with Crippen LogP contribution in [0.15, 0.2) is 24.3 Å². The molecule has 21 heavy (non-hydrogen) atoms. The van der Waals surface area contributed by atoms with Gasteiger partial charge in [-0.05, 0) is 57.9 Å². The fourth-order valence-electron chi connectivity index (χ4n) is 3.52. The van der Waals surface area contributed by atoms with Crippen molar-refractivity contribution < 1.29 is 4.79 Å². The van der Waals surface area contributed by atoms with E-state index in [1.807, 2.05) is 12.1 Å². The predicted molar refractivity (Wildman–Crippen MR) is 85.8 cm³/mol. The molecule has 3 rings (SSSR count). The summed E-state index contributed by atoms with van der Waals surface area (Å²) in [6, 6.07) is 7.96. The van der Waals surface area contributed by atoms with Crippen LogP contribution in [0.5, 0.6) is 0 Å². The third-order valence-electron chi connectivity index (χ3n) is 4.76. The van der Waals surface area contributed by atoms with E-state index in [1.165, 1.54) is 0 Å².